The summed E-state index contributed by atoms with van der Waals surface area (Å²) in [5.74, 6) is 0. The Hall–Kier alpha value is 2.86. The maximum atomic E-state index is 0. The van der Waals surface area contributed by atoms with Crippen LogP contribution in [-0.2, 0) is 53.6 Å². The van der Waals surface area contributed by atoms with Gasteiger partial charge in [0.25, 0.3) is 0 Å². The summed E-state index contributed by atoms with van der Waals surface area (Å²) in [5, 5.41) is 0. The van der Waals surface area contributed by atoms with Gasteiger partial charge in [-0.25, -0.2) is 0 Å². The average molecular weight is 245 g/mol. The molecule has 1 atom stereocenters. The van der Waals surface area contributed by atoms with Crippen molar-refractivity contribution in [2.75, 3.05) is 0 Å². The van der Waals surface area contributed by atoms with Crippen molar-refractivity contribution in [1.82, 2.24) is 0 Å². The molecule has 0 aliphatic carbocycles. The first-order valence-electron chi connectivity index (χ1n) is 0. The first kappa shape index (κ1) is 45.2. The van der Waals surface area contributed by atoms with E-state index in [-0.39, 0.29) is 89.4 Å². The van der Waals surface area contributed by atoms with Gasteiger partial charge in [-0.15, -0.1) is 0 Å². The predicted octanol–water partition coefficient (Wildman–Crippen LogP) is -0.105. The summed E-state index contributed by atoms with van der Waals surface area (Å²) in [4.78, 5) is 0. The molecule has 0 spiro atoms. The smallest absolute Gasteiger partial charge is 1.00 e. The molecule has 0 amide bonds. The summed E-state index contributed by atoms with van der Waals surface area (Å²) < 4.78 is 0. The molecule has 0 nitrogen and oxygen atoms in total. The molecule has 0 fully saturated rings. The zero-order chi connectivity index (χ0) is 0. The van der Waals surface area contributed by atoms with E-state index in [4.69, 9.17) is 0 Å². The van der Waals surface area contributed by atoms with Crippen molar-refractivity contribution < 1.29 is 56.5 Å². The number of rotatable bonds is 0. The third-order valence-corrected chi connectivity index (χ3v) is 0. The maximum Gasteiger partial charge on any atom is 2.00 e. The van der Waals surface area contributed by atoms with Crippen LogP contribution in [0.1, 0.15) is 2.85 Å². The average Bonchev–Trinajstić information content (AvgIpc) is 0. The minimum atomic E-state index is 0. The van der Waals surface area contributed by atoms with Crippen LogP contribution in [-0.4, -0.2) is 23.1 Å². The molecular weight excluding hydrogens is 240 g/mol. The molecule has 0 aliphatic rings. The summed E-state index contributed by atoms with van der Waals surface area (Å²) in [7, 11) is 0. The van der Waals surface area contributed by atoms with Crippen LogP contribution in [0.2, 0.25) is 0 Å². The van der Waals surface area contributed by atoms with Gasteiger partial charge < -0.3 is 2.85 Å². The SMILES string of the molecule is P.[Cu].[Fe].[H-].[H-].[Mg+2].[Zn]. The standard InChI is InChI=1S/Cu.Fe.Mg.H3P.Zn.2H/h;;;1H3;;;/q;;+2;;;2*-1. The van der Waals surface area contributed by atoms with E-state index in [9.17, 15) is 0 Å². The Morgan fingerprint density at radius 1 is 1.20 bits per heavy atom. The summed E-state index contributed by atoms with van der Waals surface area (Å²) in [5.41, 5.74) is 0. The normalized spacial score (nSPS) is 0. The van der Waals surface area contributed by atoms with Crippen molar-refractivity contribution in [3.8, 4) is 0 Å². The van der Waals surface area contributed by atoms with Crippen LogP contribution in [0.4, 0.5) is 0 Å². The zero-order valence-corrected chi connectivity index (χ0v) is 10.6. The van der Waals surface area contributed by atoms with E-state index in [0.717, 1.165) is 0 Å². The van der Waals surface area contributed by atoms with Gasteiger partial charge in [0.2, 0.25) is 0 Å². The fraction of sp³-hybridized carbons (Fsp3) is 0. The summed E-state index contributed by atoms with van der Waals surface area (Å²) >= 11 is 0. The maximum absolute atomic E-state index is 0. The number of hydrogen-bond donors (Lipinski definition) is 0. The topological polar surface area (TPSA) is 0 Å². The Bertz CT molecular complexity index is 17.7. The second kappa shape index (κ2) is 28.8. The van der Waals surface area contributed by atoms with Crippen LogP contribution in [0.15, 0.2) is 0 Å². The molecule has 0 saturated heterocycles. The molecule has 0 aliphatic heterocycles. The molecule has 0 heterocycles. The molecule has 5 heteroatoms. The molecule has 5 heavy (non-hydrogen) atoms. The second-order valence-corrected chi connectivity index (χ2v) is 0. The minimum Gasteiger partial charge on any atom is -1.00 e. The van der Waals surface area contributed by atoms with Crippen molar-refractivity contribution >= 4 is 33.0 Å². The first-order valence-corrected chi connectivity index (χ1v) is 0. The summed E-state index contributed by atoms with van der Waals surface area (Å²) in [6, 6.07) is 0. The van der Waals surface area contributed by atoms with E-state index in [1.54, 1.807) is 0 Å². The van der Waals surface area contributed by atoms with Crippen molar-refractivity contribution in [1.29, 1.82) is 0 Å². The van der Waals surface area contributed by atoms with Gasteiger partial charge in [-0.2, -0.15) is 9.90 Å². The van der Waals surface area contributed by atoms with E-state index in [1.165, 1.54) is 0 Å². The fourth-order valence-electron chi connectivity index (χ4n) is 0. The van der Waals surface area contributed by atoms with E-state index in [0.29, 0.717) is 0 Å². The van der Waals surface area contributed by atoms with Gasteiger partial charge in [-0.3, -0.25) is 0 Å². The van der Waals surface area contributed by atoms with Crippen LogP contribution < -0.4 is 0 Å². The van der Waals surface area contributed by atoms with Gasteiger partial charge in [0.1, 0.15) is 0 Å². The van der Waals surface area contributed by atoms with Crippen LogP contribution >= 0.6 is 9.90 Å². The van der Waals surface area contributed by atoms with Crippen molar-refractivity contribution in [3.05, 3.63) is 0 Å². The van der Waals surface area contributed by atoms with Gasteiger partial charge >= 0.3 is 23.1 Å². The first-order chi connectivity index (χ1) is 0. The summed E-state index contributed by atoms with van der Waals surface area (Å²) in [6.07, 6.45) is 0. The van der Waals surface area contributed by atoms with E-state index in [2.05, 4.69) is 0 Å². The molecule has 1 unspecified atom stereocenters. The van der Waals surface area contributed by atoms with Gasteiger partial charge in [-0.05, 0) is 0 Å². The Morgan fingerprint density at radius 3 is 1.20 bits per heavy atom. The molecule has 0 aromatic heterocycles. The van der Waals surface area contributed by atoms with Gasteiger partial charge in [0, 0.05) is 53.6 Å². The van der Waals surface area contributed by atoms with Crippen LogP contribution in [0, 0.1) is 0 Å². The third-order valence-electron chi connectivity index (χ3n) is 0. The Kier molecular flexibility index (Phi) is 261. The predicted molar refractivity (Wildman–Crippen MR) is 19.1 cm³/mol. The molecule has 0 rings (SSSR count). The van der Waals surface area contributed by atoms with Crippen LogP contribution in [0.3, 0.4) is 0 Å². The van der Waals surface area contributed by atoms with Crippen LogP contribution in [0.5, 0.6) is 0 Å². The monoisotopic (exact) mass is 243 g/mol. The molecular formula is H5CuFeMgPZn. The third kappa shape index (κ3) is 19.8. The molecule has 0 saturated carbocycles. The Balaban J connectivity index is 0. The minimum absolute atomic E-state index is 0. The van der Waals surface area contributed by atoms with Crippen molar-refractivity contribution in [2.45, 2.75) is 0 Å². The van der Waals surface area contributed by atoms with Gasteiger partial charge in [0.05, 0.1) is 0 Å². The van der Waals surface area contributed by atoms with Crippen molar-refractivity contribution in [2.24, 2.45) is 0 Å². The Labute approximate surface area is 88.4 Å². The molecule has 1 radical (unpaired) electrons. The van der Waals surface area contributed by atoms with Crippen molar-refractivity contribution in [3.63, 3.8) is 0 Å². The van der Waals surface area contributed by atoms with E-state index >= 15 is 0 Å². The fourth-order valence-corrected chi connectivity index (χ4v) is 0. The zero-order valence-electron chi connectivity index (χ0n) is 4.78. The van der Waals surface area contributed by atoms with Crippen LogP contribution in [0.25, 0.3) is 0 Å². The van der Waals surface area contributed by atoms with Gasteiger partial charge in [0.15, 0.2) is 0 Å². The molecule has 33 valence electrons. The number of hydrogen-bond acceptors (Lipinski definition) is 0. The molecule has 0 aromatic rings. The quantitative estimate of drug-likeness (QED) is 0.413. The second-order valence-electron chi connectivity index (χ2n) is 0. The van der Waals surface area contributed by atoms with E-state index < -0.39 is 0 Å². The van der Waals surface area contributed by atoms with Gasteiger partial charge in [-0.1, -0.05) is 0 Å². The molecule has 0 N–H and O–H groups in total. The Morgan fingerprint density at radius 2 is 1.20 bits per heavy atom. The molecule has 0 aromatic carbocycles. The van der Waals surface area contributed by atoms with E-state index in [1.807, 2.05) is 0 Å². The largest absolute Gasteiger partial charge is 2.00 e. The summed E-state index contributed by atoms with van der Waals surface area (Å²) in [6.45, 7) is 0. The molecule has 0 bridgehead atoms.